The highest BCUT2D eigenvalue weighted by Crippen LogP contribution is 2.21. The highest BCUT2D eigenvalue weighted by atomic mass is 16.5. The minimum absolute atomic E-state index is 0.440. The van der Waals surface area contributed by atoms with Crippen LogP contribution in [0.5, 0.6) is 0 Å². The quantitative estimate of drug-likeness (QED) is 0.527. The largest absolute Gasteiger partial charge is 0.478 e. The number of carboxylic acid groups (broad SMARTS) is 2. The van der Waals surface area contributed by atoms with E-state index in [-0.39, 0.29) is 0 Å². The van der Waals surface area contributed by atoms with E-state index in [9.17, 15) is 9.59 Å². The molecule has 0 spiro atoms. The molecule has 0 fully saturated rings. The molecule has 1 rings (SSSR count). The van der Waals surface area contributed by atoms with Crippen LogP contribution in [0.4, 0.5) is 0 Å². The predicted octanol–water partition coefficient (Wildman–Crippen LogP) is 0.0662. The lowest BCUT2D eigenvalue weighted by Crippen LogP contribution is -2.13. The molecule has 0 saturated carbocycles. The predicted molar refractivity (Wildman–Crippen MR) is 47.5 cm³/mol. The van der Waals surface area contributed by atoms with Gasteiger partial charge < -0.3 is 20.4 Å². The van der Waals surface area contributed by atoms with Gasteiger partial charge in [0.25, 0.3) is 0 Å². The van der Waals surface area contributed by atoms with Crippen molar-refractivity contribution >= 4 is 11.9 Å². The Labute approximate surface area is 84.0 Å². The van der Waals surface area contributed by atoms with Crippen LogP contribution < -0.4 is 0 Å². The molecule has 0 unspecified atom stereocenters. The molecule has 0 amide bonds. The number of carboxylic acids is 2. The summed E-state index contributed by atoms with van der Waals surface area (Å²) in [6, 6.07) is 3.42. The summed E-state index contributed by atoms with van der Waals surface area (Å²) in [5, 5.41) is 35.2. The lowest BCUT2D eigenvalue weighted by atomic mass is 10.0. The Kier molecular flexibility index (Phi) is 3.03. The standard InChI is InChI=1S/C9H8O6/c10-7(11)4-2-1-3-5(8(12)13)6(4)9(14)15/h1-3,9,14-15H,(H,10,11)(H,12,13). The van der Waals surface area contributed by atoms with E-state index in [4.69, 9.17) is 20.4 Å². The molecule has 6 nitrogen and oxygen atoms in total. The van der Waals surface area contributed by atoms with Crippen molar-refractivity contribution in [2.45, 2.75) is 6.29 Å². The van der Waals surface area contributed by atoms with Gasteiger partial charge in [0.1, 0.15) is 0 Å². The van der Waals surface area contributed by atoms with Crippen molar-refractivity contribution in [3.8, 4) is 0 Å². The maximum atomic E-state index is 10.7. The third kappa shape index (κ3) is 2.12. The monoisotopic (exact) mass is 212 g/mol. The molecule has 0 aliphatic heterocycles. The molecule has 1 aromatic rings. The zero-order valence-corrected chi connectivity index (χ0v) is 7.41. The number of aliphatic hydroxyl groups excluding tert-OH is 1. The van der Waals surface area contributed by atoms with E-state index < -0.39 is 34.9 Å². The molecular weight excluding hydrogens is 204 g/mol. The second-order valence-electron chi connectivity index (χ2n) is 2.75. The molecule has 4 N–H and O–H groups in total. The smallest absolute Gasteiger partial charge is 0.336 e. The SMILES string of the molecule is O=C(O)c1cccc(C(=O)O)c1C(O)O. The summed E-state index contributed by atoms with van der Waals surface area (Å²) in [7, 11) is 0. The fraction of sp³-hybridized carbons (Fsp3) is 0.111. The van der Waals surface area contributed by atoms with Crippen LogP contribution in [-0.4, -0.2) is 32.4 Å². The lowest BCUT2D eigenvalue weighted by Gasteiger charge is -2.10. The number of carbonyl (C=O) groups is 2. The number of hydrogen-bond donors (Lipinski definition) is 4. The van der Waals surface area contributed by atoms with Crippen LogP contribution in [0.25, 0.3) is 0 Å². The zero-order chi connectivity index (χ0) is 11.6. The molecule has 0 aliphatic carbocycles. The third-order valence-corrected chi connectivity index (χ3v) is 1.83. The molecule has 15 heavy (non-hydrogen) atoms. The van der Waals surface area contributed by atoms with Crippen molar-refractivity contribution in [1.82, 2.24) is 0 Å². The number of hydrogen-bond acceptors (Lipinski definition) is 4. The first-order chi connectivity index (χ1) is 6.95. The van der Waals surface area contributed by atoms with Gasteiger partial charge in [0.05, 0.1) is 11.1 Å². The van der Waals surface area contributed by atoms with Crippen LogP contribution in [0.1, 0.15) is 32.6 Å². The molecular formula is C9H8O6. The number of rotatable bonds is 3. The van der Waals surface area contributed by atoms with Gasteiger partial charge in [0.2, 0.25) is 0 Å². The molecule has 6 heteroatoms. The highest BCUT2D eigenvalue weighted by molar-refractivity contribution is 5.96. The Morgan fingerprint density at radius 2 is 1.40 bits per heavy atom. The van der Waals surface area contributed by atoms with Crippen molar-refractivity contribution < 1.29 is 30.0 Å². The van der Waals surface area contributed by atoms with Gasteiger partial charge in [-0.15, -0.1) is 0 Å². The summed E-state index contributed by atoms with van der Waals surface area (Å²) in [6.07, 6.45) is -2.14. The summed E-state index contributed by atoms with van der Waals surface area (Å²) in [5.74, 6) is -2.83. The molecule has 80 valence electrons. The normalized spacial score (nSPS) is 10.3. The summed E-state index contributed by atoms with van der Waals surface area (Å²) in [5.41, 5.74) is -1.40. The molecule has 0 aliphatic rings. The molecule has 0 atom stereocenters. The lowest BCUT2D eigenvalue weighted by molar-refractivity contribution is -0.0440. The van der Waals surface area contributed by atoms with Gasteiger partial charge >= 0.3 is 11.9 Å². The number of aromatic carboxylic acids is 2. The van der Waals surface area contributed by atoms with Crippen LogP contribution in [0, 0.1) is 0 Å². The maximum absolute atomic E-state index is 10.7. The van der Waals surface area contributed by atoms with Crippen LogP contribution in [0.2, 0.25) is 0 Å². The molecule has 0 saturated heterocycles. The first kappa shape index (κ1) is 11.2. The summed E-state index contributed by atoms with van der Waals surface area (Å²) >= 11 is 0. The Bertz CT molecular complexity index is 377. The van der Waals surface area contributed by atoms with Crippen molar-refractivity contribution in [1.29, 1.82) is 0 Å². The van der Waals surface area contributed by atoms with E-state index >= 15 is 0 Å². The van der Waals surface area contributed by atoms with Gasteiger partial charge in [-0.3, -0.25) is 0 Å². The van der Waals surface area contributed by atoms with E-state index in [0.29, 0.717) is 0 Å². The Balaban J connectivity index is 3.48. The van der Waals surface area contributed by atoms with E-state index in [1.807, 2.05) is 0 Å². The van der Waals surface area contributed by atoms with Crippen LogP contribution >= 0.6 is 0 Å². The molecule has 0 radical (unpaired) electrons. The number of aliphatic hydroxyl groups is 2. The van der Waals surface area contributed by atoms with Gasteiger partial charge in [-0.1, -0.05) is 6.07 Å². The average Bonchev–Trinajstić information content (AvgIpc) is 2.16. The zero-order valence-electron chi connectivity index (χ0n) is 7.41. The van der Waals surface area contributed by atoms with Gasteiger partial charge in [-0.2, -0.15) is 0 Å². The van der Waals surface area contributed by atoms with Crippen molar-refractivity contribution in [3.05, 3.63) is 34.9 Å². The first-order valence-corrected chi connectivity index (χ1v) is 3.90. The van der Waals surface area contributed by atoms with Gasteiger partial charge in [-0.05, 0) is 12.1 Å². The second kappa shape index (κ2) is 4.07. The fourth-order valence-electron chi connectivity index (χ4n) is 1.22. The van der Waals surface area contributed by atoms with Gasteiger partial charge in [0.15, 0.2) is 6.29 Å². The molecule has 0 bridgehead atoms. The van der Waals surface area contributed by atoms with E-state index in [0.717, 1.165) is 12.1 Å². The summed E-state index contributed by atoms with van der Waals surface area (Å²) in [4.78, 5) is 21.4. The second-order valence-corrected chi connectivity index (χ2v) is 2.75. The maximum Gasteiger partial charge on any atom is 0.336 e. The van der Waals surface area contributed by atoms with Gasteiger partial charge in [0, 0.05) is 5.56 Å². The van der Waals surface area contributed by atoms with E-state index in [1.165, 1.54) is 6.07 Å². The summed E-state index contributed by atoms with van der Waals surface area (Å²) in [6.45, 7) is 0. The Hall–Kier alpha value is -1.92. The Morgan fingerprint density at radius 3 is 1.67 bits per heavy atom. The highest BCUT2D eigenvalue weighted by Gasteiger charge is 2.22. The minimum atomic E-state index is -2.14. The van der Waals surface area contributed by atoms with E-state index in [2.05, 4.69) is 0 Å². The topological polar surface area (TPSA) is 115 Å². The van der Waals surface area contributed by atoms with Crippen molar-refractivity contribution in [3.63, 3.8) is 0 Å². The first-order valence-electron chi connectivity index (χ1n) is 3.90. The number of benzene rings is 1. The van der Waals surface area contributed by atoms with Crippen LogP contribution in [0.3, 0.4) is 0 Å². The fourth-order valence-corrected chi connectivity index (χ4v) is 1.22. The summed E-state index contributed by atoms with van der Waals surface area (Å²) < 4.78 is 0. The minimum Gasteiger partial charge on any atom is -0.478 e. The van der Waals surface area contributed by atoms with Crippen molar-refractivity contribution in [2.75, 3.05) is 0 Å². The van der Waals surface area contributed by atoms with Gasteiger partial charge in [-0.25, -0.2) is 9.59 Å². The average molecular weight is 212 g/mol. The molecule has 0 aromatic heterocycles. The molecule has 0 heterocycles. The van der Waals surface area contributed by atoms with Crippen molar-refractivity contribution in [2.24, 2.45) is 0 Å². The van der Waals surface area contributed by atoms with Crippen LogP contribution in [0.15, 0.2) is 18.2 Å². The van der Waals surface area contributed by atoms with E-state index in [1.54, 1.807) is 0 Å². The van der Waals surface area contributed by atoms with Crippen LogP contribution in [-0.2, 0) is 0 Å². The third-order valence-electron chi connectivity index (χ3n) is 1.83. The molecule has 1 aromatic carbocycles. The Morgan fingerprint density at radius 1 is 1.00 bits per heavy atom.